The van der Waals surface area contributed by atoms with Crippen molar-refractivity contribution in [1.82, 2.24) is 15.2 Å². The Balaban J connectivity index is 2.36. The van der Waals surface area contributed by atoms with E-state index >= 15 is 0 Å². The maximum Gasteiger partial charge on any atom is 0.213 e. The number of rotatable bonds is 8. The number of ether oxygens (including phenoxy) is 1. The zero-order valence-corrected chi connectivity index (χ0v) is 11.9. The van der Waals surface area contributed by atoms with Gasteiger partial charge in [0.05, 0.1) is 5.69 Å². The van der Waals surface area contributed by atoms with Gasteiger partial charge in [-0.25, -0.2) is 4.98 Å². The van der Waals surface area contributed by atoms with Crippen LogP contribution < -0.4 is 10.1 Å². The second-order valence-electron chi connectivity index (χ2n) is 5.14. The topological polar surface area (TPSA) is 37.4 Å². The molecule has 0 saturated carbocycles. The summed E-state index contributed by atoms with van der Waals surface area (Å²) in [5.41, 5.74) is 1.03. The third-order valence-corrected chi connectivity index (χ3v) is 2.43. The Morgan fingerprint density at radius 3 is 2.78 bits per heavy atom. The lowest BCUT2D eigenvalue weighted by Crippen LogP contribution is -2.21. The highest BCUT2D eigenvalue weighted by atomic mass is 16.5. The van der Waals surface area contributed by atoms with Crippen LogP contribution in [0.3, 0.4) is 0 Å². The molecule has 0 radical (unpaired) electrons. The molecule has 1 N–H and O–H groups in total. The first-order valence-electron chi connectivity index (χ1n) is 6.52. The zero-order valence-electron chi connectivity index (χ0n) is 11.9. The lowest BCUT2D eigenvalue weighted by Gasteiger charge is -2.11. The average molecular weight is 251 g/mol. The maximum atomic E-state index is 5.60. The number of nitrogens with one attached hydrogen (secondary N) is 1. The lowest BCUT2D eigenvalue weighted by molar-refractivity contribution is 0.253. The fraction of sp³-hybridized carbons (Fsp3) is 0.643. The average Bonchev–Trinajstić information content (AvgIpc) is 2.28. The third kappa shape index (κ3) is 6.57. The molecule has 18 heavy (non-hydrogen) atoms. The number of nitrogens with zero attached hydrogens (tertiary/aromatic N) is 2. The quantitative estimate of drug-likeness (QED) is 0.764. The van der Waals surface area contributed by atoms with Gasteiger partial charge in [-0.15, -0.1) is 0 Å². The summed E-state index contributed by atoms with van der Waals surface area (Å²) >= 11 is 0. The van der Waals surface area contributed by atoms with Crippen molar-refractivity contribution in [3.8, 4) is 5.88 Å². The van der Waals surface area contributed by atoms with Crippen LogP contribution in [0.25, 0.3) is 0 Å². The number of hydrogen-bond donors (Lipinski definition) is 1. The standard InChI is InChI=1S/C14H25N3O/c1-12(2)10-15-11-13-6-5-7-14(16-13)18-9-8-17(3)4/h5-7,12,15H,8-11H2,1-4H3. The summed E-state index contributed by atoms with van der Waals surface area (Å²) in [6.07, 6.45) is 0. The highest BCUT2D eigenvalue weighted by Gasteiger charge is 2.00. The van der Waals surface area contributed by atoms with E-state index in [1.165, 1.54) is 0 Å². The number of pyridine rings is 1. The highest BCUT2D eigenvalue weighted by Crippen LogP contribution is 2.07. The Bertz CT molecular complexity index is 310. The van der Waals surface area contributed by atoms with Gasteiger partial charge in [0, 0.05) is 19.2 Å². The molecular weight excluding hydrogens is 226 g/mol. The molecule has 0 aliphatic rings. The van der Waals surface area contributed by atoms with Gasteiger partial charge in [0.15, 0.2) is 0 Å². The Labute approximate surface area is 110 Å². The van der Waals surface area contributed by atoms with E-state index in [1.807, 2.05) is 32.3 Å². The van der Waals surface area contributed by atoms with Crippen LogP contribution in [0.15, 0.2) is 18.2 Å². The van der Waals surface area contributed by atoms with Gasteiger partial charge in [-0.3, -0.25) is 0 Å². The van der Waals surface area contributed by atoms with Gasteiger partial charge in [0.2, 0.25) is 5.88 Å². The van der Waals surface area contributed by atoms with Crippen LogP contribution in [0.5, 0.6) is 5.88 Å². The molecule has 0 unspecified atom stereocenters. The second kappa shape index (κ2) is 8.06. The molecule has 102 valence electrons. The van der Waals surface area contributed by atoms with Crippen molar-refractivity contribution in [2.24, 2.45) is 5.92 Å². The molecular formula is C14H25N3O. The molecule has 0 aromatic carbocycles. The van der Waals surface area contributed by atoms with Crippen molar-refractivity contribution in [2.75, 3.05) is 33.8 Å². The van der Waals surface area contributed by atoms with Gasteiger partial charge < -0.3 is 15.0 Å². The van der Waals surface area contributed by atoms with Crippen LogP contribution in [-0.2, 0) is 6.54 Å². The SMILES string of the molecule is CC(C)CNCc1cccc(OCCN(C)C)n1. The smallest absolute Gasteiger partial charge is 0.213 e. The Morgan fingerprint density at radius 2 is 2.11 bits per heavy atom. The van der Waals surface area contributed by atoms with E-state index in [0.29, 0.717) is 18.4 Å². The predicted molar refractivity (Wildman–Crippen MR) is 74.8 cm³/mol. The van der Waals surface area contributed by atoms with Crippen molar-refractivity contribution in [3.05, 3.63) is 23.9 Å². The molecule has 0 bridgehead atoms. The van der Waals surface area contributed by atoms with E-state index in [2.05, 4.69) is 29.0 Å². The van der Waals surface area contributed by atoms with Gasteiger partial charge >= 0.3 is 0 Å². The van der Waals surface area contributed by atoms with E-state index in [9.17, 15) is 0 Å². The summed E-state index contributed by atoms with van der Waals surface area (Å²) in [5, 5.41) is 3.38. The summed E-state index contributed by atoms with van der Waals surface area (Å²) in [7, 11) is 4.06. The predicted octanol–water partition coefficient (Wildman–Crippen LogP) is 1.77. The molecule has 0 saturated heterocycles. The van der Waals surface area contributed by atoms with Crippen LogP contribution in [0, 0.1) is 5.92 Å². The van der Waals surface area contributed by atoms with Crippen molar-refractivity contribution < 1.29 is 4.74 Å². The molecule has 0 atom stereocenters. The largest absolute Gasteiger partial charge is 0.476 e. The van der Waals surface area contributed by atoms with E-state index in [4.69, 9.17) is 4.74 Å². The van der Waals surface area contributed by atoms with Crippen LogP contribution in [0.4, 0.5) is 0 Å². The summed E-state index contributed by atoms with van der Waals surface area (Å²) in [4.78, 5) is 6.55. The minimum Gasteiger partial charge on any atom is -0.476 e. The first-order chi connectivity index (χ1) is 8.58. The Kier molecular flexibility index (Phi) is 6.68. The van der Waals surface area contributed by atoms with Crippen LogP contribution in [0.2, 0.25) is 0 Å². The highest BCUT2D eigenvalue weighted by molar-refractivity contribution is 5.15. The molecule has 4 heteroatoms. The fourth-order valence-electron chi connectivity index (χ4n) is 1.46. The van der Waals surface area contributed by atoms with E-state index in [1.54, 1.807) is 0 Å². The Morgan fingerprint density at radius 1 is 1.33 bits per heavy atom. The molecule has 0 spiro atoms. The van der Waals surface area contributed by atoms with Crippen LogP contribution in [-0.4, -0.2) is 43.7 Å². The minimum atomic E-state index is 0.657. The minimum absolute atomic E-state index is 0.657. The van der Waals surface area contributed by atoms with E-state index in [0.717, 1.165) is 25.3 Å². The summed E-state index contributed by atoms with van der Waals surface area (Å²) in [5.74, 6) is 1.37. The molecule has 1 rings (SSSR count). The first kappa shape index (κ1) is 14.9. The van der Waals surface area contributed by atoms with Gasteiger partial charge in [-0.05, 0) is 32.6 Å². The summed E-state index contributed by atoms with van der Waals surface area (Å²) in [6, 6.07) is 5.91. The molecule has 4 nitrogen and oxygen atoms in total. The normalized spacial score (nSPS) is 11.2. The number of hydrogen-bond acceptors (Lipinski definition) is 4. The van der Waals surface area contributed by atoms with Gasteiger partial charge in [-0.2, -0.15) is 0 Å². The van der Waals surface area contributed by atoms with Crippen LogP contribution in [0.1, 0.15) is 19.5 Å². The Hall–Kier alpha value is -1.13. The second-order valence-corrected chi connectivity index (χ2v) is 5.14. The summed E-state index contributed by atoms with van der Waals surface area (Å²) < 4.78 is 5.60. The van der Waals surface area contributed by atoms with Gasteiger partial charge in [0.25, 0.3) is 0 Å². The van der Waals surface area contributed by atoms with Crippen molar-refractivity contribution >= 4 is 0 Å². The molecule has 1 aromatic rings. The molecule has 0 aliphatic heterocycles. The van der Waals surface area contributed by atoms with Gasteiger partial charge in [0.1, 0.15) is 6.61 Å². The van der Waals surface area contributed by atoms with Crippen molar-refractivity contribution in [3.63, 3.8) is 0 Å². The lowest BCUT2D eigenvalue weighted by atomic mass is 10.2. The number of aromatic nitrogens is 1. The van der Waals surface area contributed by atoms with Crippen molar-refractivity contribution in [2.45, 2.75) is 20.4 Å². The van der Waals surface area contributed by atoms with Gasteiger partial charge in [-0.1, -0.05) is 19.9 Å². The monoisotopic (exact) mass is 251 g/mol. The molecule has 1 heterocycles. The molecule has 0 fully saturated rings. The van der Waals surface area contributed by atoms with Crippen LogP contribution >= 0.6 is 0 Å². The fourth-order valence-corrected chi connectivity index (χ4v) is 1.46. The third-order valence-electron chi connectivity index (χ3n) is 2.43. The number of likely N-dealkylation sites (N-methyl/N-ethyl adjacent to an activating group) is 1. The van der Waals surface area contributed by atoms with E-state index in [-0.39, 0.29) is 0 Å². The summed E-state index contributed by atoms with van der Waals surface area (Å²) in [6.45, 7) is 7.76. The molecule has 0 amide bonds. The van der Waals surface area contributed by atoms with Crippen molar-refractivity contribution in [1.29, 1.82) is 0 Å². The molecule has 1 aromatic heterocycles. The zero-order chi connectivity index (χ0) is 13.4. The maximum absolute atomic E-state index is 5.60. The van der Waals surface area contributed by atoms with E-state index < -0.39 is 0 Å². The molecule has 0 aliphatic carbocycles. The first-order valence-corrected chi connectivity index (χ1v) is 6.52.